The molecule has 0 aliphatic carbocycles. The molecule has 0 atom stereocenters. The van der Waals surface area contributed by atoms with Gasteiger partial charge in [-0.15, -0.1) is 11.3 Å². The highest BCUT2D eigenvalue weighted by atomic mass is 32.2. The number of thiophene rings is 1. The molecule has 0 aliphatic heterocycles. The highest BCUT2D eigenvalue weighted by Crippen LogP contribution is 2.28. The van der Waals surface area contributed by atoms with Gasteiger partial charge in [0, 0.05) is 5.56 Å². The molecule has 0 spiro atoms. The highest BCUT2D eigenvalue weighted by Gasteiger charge is 2.19. The van der Waals surface area contributed by atoms with Crippen LogP contribution in [0.2, 0.25) is 0 Å². The first-order valence-corrected chi connectivity index (χ1v) is 12.0. The third-order valence-electron chi connectivity index (χ3n) is 4.52. The topological polar surface area (TPSA) is 106 Å². The fourth-order valence-electron chi connectivity index (χ4n) is 2.92. The van der Waals surface area contributed by atoms with Gasteiger partial charge in [-0.2, -0.15) is 5.10 Å². The van der Waals surface area contributed by atoms with Crippen molar-refractivity contribution in [2.75, 3.05) is 18.9 Å². The van der Waals surface area contributed by atoms with E-state index in [1.54, 1.807) is 49.9 Å². The molecule has 2 N–H and O–H groups in total. The van der Waals surface area contributed by atoms with Gasteiger partial charge in [0.25, 0.3) is 15.9 Å². The van der Waals surface area contributed by atoms with E-state index in [1.807, 2.05) is 13.0 Å². The summed E-state index contributed by atoms with van der Waals surface area (Å²) >= 11 is 1.09. The molecule has 0 saturated carbocycles. The van der Waals surface area contributed by atoms with Crippen molar-refractivity contribution in [1.82, 2.24) is 5.43 Å². The number of benzene rings is 2. The van der Waals surface area contributed by atoms with E-state index in [-0.39, 0.29) is 15.5 Å². The molecule has 0 radical (unpaired) electrons. The summed E-state index contributed by atoms with van der Waals surface area (Å²) in [5.74, 6) is 0.592. The zero-order chi connectivity index (χ0) is 23.1. The third kappa shape index (κ3) is 5.27. The Morgan fingerprint density at radius 2 is 1.78 bits per heavy atom. The Balaban J connectivity index is 1.83. The molecule has 168 valence electrons. The summed E-state index contributed by atoms with van der Waals surface area (Å²) in [7, 11) is -0.698. The zero-order valence-corrected chi connectivity index (χ0v) is 19.4. The molecule has 2 aromatic carbocycles. The van der Waals surface area contributed by atoms with E-state index in [0.717, 1.165) is 16.9 Å². The van der Waals surface area contributed by atoms with Crippen molar-refractivity contribution in [3.05, 3.63) is 71.1 Å². The number of carbonyl (C=O) groups is 1. The standard InChI is InChI=1S/C22H23N3O5S2/c1-4-17(15-11-12-19(29-2)20(14-15)30-3)23-24-22(26)16-8-5-6-9-18(16)25-32(27,28)21-10-7-13-31-21/h5-14,25H,4H2,1-3H3,(H,24,26)/b23-17+. The van der Waals surface area contributed by atoms with Crippen molar-refractivity contribution in [2.24, 2.45) is 5.10 Å². The molecule has 3 aromatic rings. The maximum atomic E-state index is 12.8. The number of amides is 1. The van der Waals surface area contributed by atoms with Gasteiger partial charge in [0.05, 0.1) is 31.2 Å². The Morgan fingerprint density at radius 1 is 1.03 bits per heavy atom. The van der Waals surface area contributed by atoms with Gasteiger partial charge in [-0.3, -0.25) is 9.52 Å². The molecule has 3 rings (SSSR count). The molecule has 32 heavy (non-hydrogen) atoms. The minimum atomic E-state index is -3.79. The molecule has 0 saturated heterocycles. The van der Waals surface area contributed by atoms with Crippen LogP contribution in [0, 0.1) is 0 Å². The first-order valence-electron chi connectivity index (χ1n) is 9.64. The van der Waals surface area contributed by atoms with Gasteiger partial charge in [0.2, 0.25) is 0 Å². The monoisotopic (exact) mass is 473 g/mol. The van der Waals surface area contributed by atoms with Crippen molar-refractivity contribution in [3.63, 3.8) is 0 Å². The van der Waals surface area contributed by atoms with Crippen LogP contribution in [0.3, 0.4) is 0 Å². The summed E-state index contributed by atoms with van der Waals surface area (Å²) in [5, 5.41) is 5.92. The minimum Gasteiger partial charge on any atom is -0.493 e. The number of sulfonamides is 1. The number of hydrogen-bond donors (Lipinski definition) is 2. The molecule has 0 unspecified atom stereocenters. The predicted octanol–water partition coefficient (Wildman–Crippen LogP) is 4.11. The van der Waals surface area contributed by atoms with Crippen molar-refractivity contribution < 1.29 is 22.7 Å². The average Bonchev–Trinajstić information content (AvgIpc) is 3.35. The number of nitrogens with one attached hydrogen (secondary N) is 2. The van der Waals surface area contributed by atoms with Gasteiger partial charge in [-0.05, 0) is 48.2 Å². The van der Waals surface area contributed by atoms with E-state index in [4.69, 9.17) is 9.47 Å². The van der Waals surface area contributed by atoms with Crippen LogP contribution in [0.15, 0.2) is 69.3 Å². The van der Waals surface area contributed by atoms with Gasteiger partial charge in [0.15, 0.2) is 11.5 Å². The maximum Gasteiger partial charge on any atom is 0.273 e. The number of anilines is 1. The van der Waals surface area contributed by atoms with Crippen LogP contribution in [0.4, 0.5) is 5.69 Å². The number of rotatable bonds is 9. The van der Waals surface area contributed by atoms with Crippen LogP contribution in [0.25, 0.3) is 0 Å². The number of nitrogens with zero attached hydrogens (tertiary/aromatic N) is 1. The fourth-order valence-corrected chi connectivity index (χ4v) is 5.00. The van der Waals surface area contributed by atoms with Crippen LogP contribution in [0.5, 0.6) is 11.5 Å². The lowest BCUT2D eigenvalue weighted by molar-refractivity contribution is 0.0955. The third-order valence-corrected chi connectivity index (χ3v) is 7.28. The van der Waals surface area contributed by atoms with E-state index < -0.39 is 15.9 Å². The van der Waals surface area contributed by atoms with Gasteiger partial charge >= 0.3 is 0 Å². The lowest BCUT2D eigenvalue weighted by Crippen LogP contribution is -2.22. The van der Waals surface area contributed by atoms with Gasteiger partial charge in [0.1, 0.15) is 4.21 Å². The van der Waals surface area contributed by atoms with Crippen molar-refractivity contribution in [3.8, 4) is 11.5 Å². The highest BCUT2D eigenvalue weighted by molar-refractivity contribution is 7.94. The molecular formula is C22H23N3O5S2. The lowest BCUT2D eigenvalue weighted by atomic mass is 10.1. The molecule has 1 amide bonds. The van der Waals surface area contributed by atoms with Crippen LogP contribution < -0.4 is 19.6 Å². The SMILES string of the molecule is CC/C(=N\NC(=O)c1ccccc1NS(=O)(=O)c1cccs1)c1ccc(OC)c(OC)c1. The summed E-state index contributed by atoms with van der Waals surface area (Å²) in [6, 6.07) is 14.8. The number of methoxy groups -OCH3 is 2. The Labute approximate surface area is 190 Å². The molecule has 0 aliphatic rings. The summed E-state index contributed by atoms with van der Waals surface area (Å²) in [5.41, 5.74) is 4.22. The second-order valence-corrected chi connectivity index (χ2v) is 9.36. The minimum absolute atomic E-state index is 0.152. The van der Waals surface area contributed by atoms with Crippen molar-refractivity contribution >= 4 is 38.7 Å². The van der Waals surface area contributed by atoms with Crippen LogP contribution in [0.1, 0.15) is 29.3 Å². The first-order chi connectivity index (χ1) is 15.4. The maximum absolute atomic E-state index is 12.8. The quantitative estimate of drug-likeness (QED) is 0.359. The molecule has 8 nitrogen and oxygen atoms in total. The Kier molecular flexibility index (Phi) is 7.49. The number of ether oxygens (including phenoxy) is 2. The second kappa shape index (κ2) is 10.3. The number of hydrazone groups is 1. The predicted molar refractivity (Wildman–Crippen MR) is 125 cm³/mol. The second-order valence-electron chi connectivity index (χ2n) is 6.51. The summed E-state index contributed by atoms with van der Waals surface area (Å²) < 4.78 is 38.3. The smallest absolute Gasteiger partial charge is 0.273 e. The van der Waals surface area contributed by atoms with E-state index >= 15 is 0 Å². The zero-order valence-electron chi connectivity index (χ0n) is 17.8. The van der Waals surface area contributed by atoms with Crippen LogP contribution in [-0.4, -0.2) is 34.3 Å². The van der Waals surface area contributed by atoms with E-state index in [0.29, 0.717) is 23.6 Å². The Bertz CT molecular complexity index is 1220. The Morgan fingerprint density at radius 3 is 2.44 bits per heavy atom. The largest absolute Gasteiger partial charge is 0.493 e. The Hall–Kier alpha value is -3.37. The van der Waals surface area contributed by atoms with Crippen LogP contribution in [-0.2, 0) is 10.0 Å². The van der Waals surface area contributed by atoms with Gasteiger partial charge < -0.3 is 9.47 Å². The summed E-state index contributed by atoms with van der Waals surface area (Å²) in [6.45, 7) is 1.91. The van der Waals surface area contributed by atoms with Crippen molar-refractivity contribution in [2.45, 2.75) is 17.6 Å². The summed E-state index contributed by atoms with van der Waals surface area (Å²) in [4.78, 5) is 12.8. The van der Waals surface area contributed by atoms with Crippen molar-refractivity contribution in [1.29, 1.82) is 0 Å². The normalized spacial score (nSPS) is 11.7. The lowest BCUT2D eigenvalue weighted by Gasteiger charge is -2.12. The molecule has 10 heteroatoms. The molecule has 0 fully saturated rings. The molecular weight excluding hydrogens is 450 g/mol. The first kappa shape index (κ1) is 23.3. The van der Waals surface area contributed by atoms with E-state index in [2.05, 4.69) is 15.2 Å². The molecule has 1 aromatic heterocycles. The van der Waals surface area contributed by atoms with Crippen LogP contribution >= 0.6 is 11.3 Å². The average molecular weight is 474 g/mol. The fraction of sp³-hybridized carbons (Fsp3) is 0.182. The number of para-hydroxylation sites is 1. The molecule has 0 bridgehead atoms. The number of carbonyl (C=O) groups excluding carboxylic acids is 1. The van der Waals surface area contributed by atoms with E-state index in [1.165, 1.54) is 18.2 Å². The van der Waals surface area contributed by atoms with Gasteiger partial charge in [-0.1, -0.05) is 25.1 Å². The van der Waals surface area contributed by atoms with E-state index in [9.17, 15) is 13.2 Å². The summed E-state index contributed by atoms with van der Waals surface area (Å²) in [6.07, 6.45) is 0.544. The number of hydrogen-bond acceptors (Lipinski definition) is 7. The van der Waals surface area contributed by atoms with Gasteiger partial charge in [-0.25, -0.2) is 13.8 Å². The molecule has 1 heterocycles.